The van der Waals surface area contributed by atoms with Gasteiger partial charge in [0, 0.05) is 6.42 Å². The molecule has 1 aromatic rings. The number of carboxylic acids is 2. The summed E-state index contributed by atoms with van der Waals surface area (Å²) in [6.07, 6.45) is 0.178. The summed E-state index contributed by atoms with van der Waals surface area (Å²) in [5.41, 5.74) is 2.24. The van der Waals surface area contributed by atoms with Crippen LogP contribution in [0.1, 0.15) is 28.8 Å². The van der Waals surface area contributed by atoms with Crippen LogP contribution in [0.5, 0.6) is 0 Å². The molecule has 1 amide bonds. The first-order valence-electron chi connectivity index (χ1n) is 5.92. The lowest BCUT2D eigenvalue weighted by atomic mass is 9.94. The van der Waals surface area contributed by atoms with Crippen LogP contribution in [0, 0.1) is 5.92 Å². The third-order valence-electron chi connectivity index (χ3n) is 2.88. The Labute approximate surface area is 114 Å². The van der Waals surface area contributed by atoms with Crippen LogP contribution in [0.4, 0.5) is 0 Å². The topological polar surface area (TPSA) is 124 Å². The molecule has 0 saturated carbocycles. The molecule has 0 bridgehead atoms. The molecule has 1 atom stereocenters. The van der Waals surface area contributed by atoms with E-state index < -0.39 is 23.8 Å². The van der Waals surface area contributed by atoms with Crippen molar-refractivity contribution in [2.45, 2.75) is 19.3 Å². The van der Waals surface area contributed by atoms with Gasteiger partial charge in [0.2, 0.25) is 5.91 Å². The molecule has 1 aromatic carbocycles. The number of carbonyl (C=O) groups excluding carboxylic acids is 1. The van der Waals surface area contributed by atoms with Crippen LogP contribution in [0.25, 0.3) is 0 Å². The fraction of sp³-hybridized carbons (Fsp3) is 0.308. The number of rotatable bonds is 7. The minimum Gasteiger partial charge on any atom is -0.481 e. The molecule has 0 fully saturated rings. The second-order valence-electron chi connectivity index (χ2n) is 4.32. The highest BCUT2D eigenvalue weighted by atomic mass is 16.5. The molecular weight excluding hydrogens is 266 g/mol. The van der Waals surface area contributed by atoms with E-state index in [1.54, 1.807) is 12.1 Å². The largest absolute Gasteiger partial charge is 0.481 e. The highest BCUT2D eigenvalue weighted by molar-refractivity contribution is 5.87. The van der Waals surface area contributed by atoms with Crippen molar-refractivity contribution in [1.29, 1.82) is 0 Å². The summed E-state index contributed by atoms with van der Waals surface area (Å²) in [6, 6.07) is 5.89. The maximum atomic E-state index is 11.1. The predicted molar refractivity (Wildman–Crippen MR) is 67.4 cm³/mol. The molecule has 0 aromatic heterocycles. The molecule has 20 heavy (non-hydrogen) atoms. The fourth-order valence-electron chi connectivity index (χ4n) is 1.74. The molecule has 0 heterocycles. The van der Waals surface area contributed by atoms with Gasteiger partial charge in [-0.15, -0.1) is 0 Å². The summed E-state index contributed by atoms with van der Waals surface area (Å²) in [4.78, 5) is 32.7. The molecule has 7 nitrogen and oxygen atoms in total. The minimum absolute atomic E-state index is 0.0857. The number of hydrogen-bond donors (Lipinski definition) is 4. The van der Waals surface area contributed by atoms with Crippen molar-refractivity contribution < 1.29 is 29.8 Å². The maximum absolute atomic E-state index is 11.1. The van der Waals surface area contributed by atoms with Crippen LogP contribution >= 0.6 is 0 Å². The quantitative estimate of drug-likeness (QED) is 0.435. The number of hydrogen-bond acceptors (Lipinski definition) is 4. The number of carbonyl (C=O) groups is 3. The Hall–Kier alpha value is -2.41. The molecule has 0 radical (unpaired) electrons. The Kier molecular flexibility index (Phi) is 5.67. The van der Waals surface area contributed by atoms with Gasteiger partial charge in [-0.2, -0.15) is 0 Å². The number of aromatic carboxylic acids is 1. The van der Waals surface area contributed by atoms with Crippen LogP contribution < -0.4 is 5.48 Å². The fourth-order valence-corrected chi connectivity index (χ4v) is 1.74. The van der Waals surface area contributed by atoms with Crippen molar-refractivity contribution in [3.8, 4) is 0 Å². The molecular formula is C13H15NO6. The monoisotopic (exact) mass is 281 g/mol. The summed E-state index contributed by atoms with van der Waals surface area (Å²) < 4.78 is 0. The van der Waals surface area contributed by atoms with Crippen molar-refractivity contribution in [2.24, 2.45) is 5.92 Å². The van der Waals surface area contributed by atoms with Crippen molar-refractivity contribution in [3.63, 3.8) is 0 Å². The molecule has 4 N–H and O–H groups in total. The van der Waals surface area contributed by atoms with Crippen LogP contribution in [0.15, 0.2) is 24.3 Å². The van der Waals surface area contributed by atoms with Crippen molar-refractivity contribution in [1.82, 2.24) is 5.48 Å². The molecule has 1 rings (SSSR count). The van der Waals surface area contributed by atoms with Gasteiger partial charge in [0.1, 0.15) is 0 Å². The number of carboxylic acid groups (broad SMARTS) is 2. The van der Waals surface area contributed by atoms with Crippen LogP contribution in [0.2, 0.25) is 0 Å². The van der Waals surface area contributed by atoms with Gasteiger partial charge in [0.25, 0.3) is 0 Å². The molecule has 0 spiro atoms. The number of nitrogens with one attached hydrogen (secondary N) is 1. The first-order chi connectivity index (χ1) is 9.43. The summed E-state index contributed by atoms with van der Waals surface area (Å²) in [5, 5.41) is 26.2. The SMILES string of the molecule is O=C(CCC(Cc1ccc(C(=O)O)cc1)C(=O)O)NO. The average molecular weight is 281 g/mol. The Bertz CT molecular complexity index is 496. The minimum atomic E-state index is -1.05. The van der Waals surface area contributed by atoms with E-state index in [0.717, 1.165) is 0 Å². The molecule has 1 unspecified atom stereocenters. The summed E-state index contributed by atoms with van der Waals surface area (Å²) in [7, 11) is 0. The van der Waals surface area contributed by atoms with Gasteiger partial charge in [-0.05, 0) is 30.5 Å². The van der Waals surface area contributed by atoms with Gasteiger partial charge in [-0.1, -0.05) is 12.1 Å². The Morgan fingerprint density at radius 1 is 1.10 bits per heavy atom. The van der Waals surface area contributed by atoms with Gasteiger partial charge in [0.05, 0.1) is 11.5 Å². The summed E-state index contributed by atoms with van der Waals surface area (Å²) in [5.74, 6) is -3.51. The van der Waals surface area contributed by atoms with Crippen LogP contribution in [-0.4, -0.2) is 33.3 Å². The van der Waals surface area contributed by atoms with Gasteiger partial charge < -0.3 is 10.2 Å². The zero-order valence-electron chi connectivity index (χ0n) is 10.6. The predicted octanol–water partition coefficient (Wildman–Crippen LogP) is 0.914. The first-order valence-corrected chi connectivity index (χ1v) is 5.92. The second-order valence-corrected chi connectivity index (χ2v) is 4.32. The van der Waals surface area contributed by atoms with E-state index in [1.165, 1.54) is 17.6 Å². The smallest absolute Gasteiger partial charge is 0.335 e. The molecule has 0 aliphatic carbocycles. The van der Waals surface area contributed by atoms with E-state index >= 15 is 0 Å². The van der Waals surface area contributed by atoms with Gasteiger partial charge in [0.15, 0.2) is 0 Å². The third-order valence-corrected chi connectivity index (χ3v) is 2.88. The Morgan fingerprint density at radius 3 is 2.15 bits per heavy atom. The van der Waals surface area contributed by atoms with Gasteiger partial charge in [-0.25, -0.2) is 10.3 Å². The van der Waals surface area contributed by atoms with E-state index in [0.29, 0.717) is 5.56 Å². The highest BCUT2D eigenvalue weighted by Gasteiger charge is 2.19. The number of benzene rings is 1. The zero-order chi connectivity index (χ0) is 15.1. The Balaban J connectivity index is 2.67. The third kappa shape index (κ3) is 4.69. The first kappa shape index (κ1) is 15.6. The molecule has 7 heteroatoms. The average Bonchev–Trinajstić information content (AvgIpc) is 2.43. The van der Waals surface area contributed by atoms with Crippen LogP contribution in [-0.2, 0) is 16.0 Å². The number of amides is 1. The van der Waals surface area contributed by atoms with Crippen LogP contribution in [0.3, 0.4) is 0 Å². The number of aliphatic carboxylic acids is 1. The summed E-state index contributed by atoms with van der Waals surface area (Å²) >= 11 is 0. The van der Waals surface area contributed by atoms with Gasteiger partial charge in [-0.3, -0.25) is 14.8 Å². The highest BCUT2D eigenvalue weighted by Crippen LogP contribution is 2.15. The van der Waals surface area contributed by atoms with E-state index in [1.807, 2.05) is 0 Å². The molecule has 108 valence electrons. The lowest BCUT2D eigenvalue weighted by molar-refractivity contribution is -0.142. The number of hydroxylamine groups is 1. The lowest BCUT2D eigenvalue weighted by Gasteiger charge is -2.11. The van der Waals surface area contributed by atoms with Crippen molar-refractivity contribution >= 4 is 17.8 Å². The standard InChI is InChI=1S/C13H15NO6/c15-11(14-20)6-5-10(13(18)19)7-8-1-3-9(4-2-8)12(16)17/h1-4,10,20H,5-7H2,(H,14,15)(H,16,17)(H,18,19). The van der Waals surface area contributed by atoms with Crippen molar-refractivity contribution in [2.75, 3.05) is 0 Å². The normalized spacial score (nSPS) is 11.7. The van der Waals surface area contributed by atoms with E-state index in [9.17, 15) is 14.4 Å². The molecule has 0 aliphatic rings. The molecule has 0 saturated heterocycles. The van der Waals surface area contributed by atoms with E-state index in [-0.39, 0.29) is 24.8 Å². The lowest BCUT2D eigenvalue weighted by Crippen LogP contribution is -2.23. The van der Waals surface area contributed by atoms with E-state index in [4.69, 9.17) is 15.4 Å². The second kappa shape index (κ2) is 7.25. The van der Waals surface area contributed by atoms with Gasteiger partial charge >= 0.3 is 11.9 Å². The summed E-state index contributed by atoms with van der Waals surface area (Å²) in [6.45, 7) is 0. The zero-order valence-corrected chi connectivity index (χ0v) is 10.6. The van der Waals surface area contributed by atoms with E-state index in [2.05, 4.69) is 0 Å². The Morgan fingerprint density at radius 2 is 1.70 bits per heavy atom. The van der Waals surface area contributed by atoms with Crippen molar-refractivity contribution in [3.05, 3.63) is 35.4 Å². The molecule has 0 aliphatic heterocycles. The maximum Gasteiger partial charge on any atom is 0.335 e.